The number of fused-ring (bicyclic) bond motifs is 1. The molecule has 0 saturated carbocycles. The predicted molar refractivity (Wildman–Crippen MR) is 115 cm³/mol. The van der Waals surface area contributed by atoms with Gasteiger partial charge in [0.15, 0.2) is 5.13 Å². The van der Waals surface area contributed by atoms with Crippen molar-refractivity contribution in [1.82, 2.24) is 9.97 Å². The van der Waals surface area contributed by atoms with Crippen LogP contribution in [0, 0.1) is 15.9 Å². The van der Waals surface area contributed by atoms with E-state index in [1.54, 1.807) is 30.6 Å². The third kappa shape index (κ3) is 4.39. The number of anilines is 1. The fraction of sp³-hybridized carbons (Fsp3) is 0.0500. The third-order valence-electron chi connectivity index (χ3n) is 4.08. The Balaban J connectivity index is 1.65. The van der Waals surface area contributed by atoms with E-state index < -0.39 is 4.92 Å². The average molecular weight is 440 g/mol. The van der Waals surface area contributed by atoms with Crippen LogP contribution in [0.3, 0.4) is 0 Å². The minimum absolute atomic E-state index is 0.00233. The molecule has 0 unspecified atom stereocenters. The third-order valence-corrected chi connectivity index (χ3v) is 6.13. The van der Waals surface area contributed by atoms with Crippen molar-refractivity contribution in [2.24, 2.45) is 0 Å². The topological polar surface area (TPSA) is 89.2 Å². The first-order valence-corrected chi connectivity index (χ1v) is 10.3. The number of benzene rings is 1. The number of carbonyl (C=O) groups excluding carboxylic acids is 1. The lowest BCUT2D eigenvalue weighted by Gasteiger charge is -2.18. The van der Waals surface area contributed by atoms with Gasteiger partial charge in [0, 0.05) is 29.4 Å². The van der Waals surface area contributed by atoms with Crippen molar-refractivity contribution in [2.75, 3.05) is 4.90 Å². The van der Waals surface area contributed by atoms with Crippen LogP contribution in [-0.4, -0.2) is 20.8 Å². The maximum Gasteiger partial charge on any atom is 0.324 e. The number of thiazole rings is 1. The van der Waals surface area contributed by atoms with Gasteiger partial charge in [0.25, 0.3) is 5.91 Å². The maximum atomic E-state index is 13.6. The molecule has 1 aromatic carbocycles. The van der Waals surface area contributed by atoms with Crippen LogP contribution in [0.15, 0.2) is 60.9 Å². The number of rotatable bonds is 6. The molecule has 0 saturated heterocycles. The van der Waals surface area contributed by atoms with E-state index in [-0.39, 0.29) is 23.3 Å². The first kappa shape index (κ1) is 19.8. The van der Waals surface area contributed by atoms with Gasteiger partial charge in [0.2, 0.25) is 0 Å². The monoisotopic (exact) mass is 440 g/mol. The first-order valence-electron chi connectivity index (χ1n) is 8.68. The van der Waals surface area contributed by atoms with Gasteiger partial charge in [-0.1, -0.05) is 28.7 Å². The van der Waals surface area contributed by atoms with E-state index in [0.29, 0.717) is 20.2 Å². The zero-order chi connectivity index (χ0) is 21.1. The summed E-state index contributed by atoms with van der Waals surface area (Å²) in [5.41, 5.74) is 1.40. The zero-order valence-electron chi connectivity index (χ0n) is 15.3. The van der Waals surface area contributed by atoms with Gasteiger partial charge in [-0.25, -0.2) is 9.37 Å². The Morgan fingerprint density at radius 1 is 1.23 bits per heavy atom. The molecule has 4 aromatic rings. The molecule has 0 radical (unpaired) electrons. The number of aromatic nitrogens is 2. The molecule has 3 heterocycles. The average Bonchev–Trinajstić information content (AvgIpc) is 3.37. The second-order valence-corrected chi connectivity index (χ2v) is 8.26. The van der Waals surface area contributed by atoms with Crippen LogP contribution in [-0.2, 0) is 11.3 Å². The van der Waals surface area contributed by atoms with Gasteiger partial charge < -0.3 is 0 Å². The van der Waals surface area contributed by atoms with Gasteiger partial charge in [-0.2, -0.15) is 0 Å². The normalized spacial score (nSPS) is 11.2. The van der Waals surface area contributed by atoms with Gasteiger partial charge in [0.1, 0.15) is 5.82 Å². The lowest BCUT2D eigenvalue weighted by atomic mass is 10.2. The molecule has 0 N–H and O–H groups in total. The Hall–Kier alpha value is -3.50. The summed E-state index contributed by atoms with van der Waals surface area (Å²) >= 11 is 2.19. The highest BCUT2D eigenvalue weighted by Gasteiger charge is 2.19. The van der Waals surface area contributed by atoms with Crippen LogP contribution in [0.4, 0.5) is 14.5 Å². The first-order chi connectivity index (χ1) is 14.5. The van der Waals surface area contributed by atoms with Crippen LogP contribution in [0.1, 0.15) is 10.4 Å². The summed E-state index contributed by atoms with van der Waals surface area (Å²) in [5, 5.41) is 11.3. The largest absolute Gasteiger partial charge is 0.324 e. The summed E-state index contributed by atoms with van der Waals surface area (Å²) in [7, 11) is 0. The van der Waals surface area contributed by atoms with E-state index >= 15 is 0 Å². The van der Waals surface area contributed by atoms with Gasteiger partial charge >= 0.3 is 5.00 Å². The van der Waals surface area contributed by atoms with Crippen molar-refractivity contribution in [2.45, 2.75) is 6.54 Å². The Kier molecular flexibility index (Phi) is 5.59. The molecular weight excluding hydrogens is 427 g/mol. The molecular formula is C20H13FN4O3S2. The second-order valence-electron chi connectivity index (χ2n) is 6.16. The standard InChI is InChI=1S/C20H13FN4O3S2/c21-14-3-6-16-17(10-14)30-20(23-16)24(12-13-2-1-9-22-11-13)18(26)7-4-15-5-8-19(29-15)25(27)28/h1-11H,12H2/b7-4+. The highest BCUT2D eigenvalue weighted by Crippen LogP contribution is 2.31. The molecule has 10 heteroatoms. The van der Waals surface area contributed by atoms with E-state index in [0.717, 1.165) is 16.9 Å². The fourth-order valence-corrected chi connectivity index (χ4v) is 4.41. The molecule has 0 atom stereocenters. The number of halogens is 1. The molecule has 0 bridgehead atoms. The van der Waals surface area contributed by atoms with E-state index in [9.17, 15) is 19.3 Å². The number of hydrogen-bond acceptors (Lipinski definition) is 7. The molecule has 0 spiro atoms. The van der Waals surface area contributed by atoms with Gasteiger partial charge in [-0.05, 0) is 42.0 Å². The molecule has 0 aliphatic rings. The van der Waals surface area contributed by atoms with Crippen LogP contribution >= 0.6 is 22.7 Å². The van der Waals surface area contributed by atoms with E-state index in [4.69, 9.17) is 0 Å². The lowest BCUT2D eigenvalue weighted by Crippen LogP contribution is -2.28. The van der Waals surface area contributed by atoms with Crippen molar-refractivity contribution in [3.05, 3.63) is 87.3 Å². The second kappa shape index (κ2) is 8.47. The van der Waals surface area contributed by atoms with Crippen molar-refractivity contribution in [3.8, 4) is 0 Å². The number of pyridine rings is 1. The molecule has 7 nitrogen and oxygen atoms in total. The van der Waals surface area contributed by atoms with Crippen molar-refractivity contribution < 1.29 is 14.1 Å². The molecule has 30 heavy (non-hydrogen) atoms. The van der Waals surface area contributed by atoms with Crippen LogP contribution in [0.25, 0.3) is 16.3 Å². The van der Waals surface area contributed by atoms with Gasteiger partial charge in [-0.3, -0.25) is 24.8 Å². The number of nitro groups is 1. The highest BCUT2D eigenvalue weighted by atomic mass is 32.1. The molecule has 0 aliphatic carbocycles. The maximum absolute atomic E-state index is 13.6. The summed E-state index contributed by atoms with van der Waals surface area (Å²) in [6, 6.07) is 10.9. The number of carbonyl (C=O) groups is 1. The Labute approximate surface area is 177 Å². The Morgan fingerprint density at radius 3 is 2.83 bits per heavy atom. The quantitative estimate of drug-likeness (QED) is 0.238. The molecule has 3 aromatic heterocycles. The molecule has 1 amide bonds. The van der Waals surface area contributed by atoms with Gasteiger partial charge in [-0.15, -0.1) is 0 Å². The van der Waals surface area contributed by atoms with E-state index in [1.807, 2.05) is 6.07 Å². The van der Waals surface area contributed by atoms with E-state index in [2.05, 4.69) is 9.97 Å². The minimum Gasteiger partial charge on any atom is -0.280 e. The Bertz CT molecular complexity index is 1250. The summed E-state index contributed by atoms with van der Waals surface area (Å²) in [6.45, 7) is 0.226. The number of nitrogens with zero attached hydrogens (tertiary/aromatic N) is 4. The number of amides is 1. The molecule has 0 aliphatic heterocycles. The summed E-state index contributed by atoms with van der Waals surface area (Å²) in [4.78, 5) is 33.9. The molecule has 150 valence electrons. The van der Waals surface area contributed by atoms with Crippen molar-refractivity contribution in [3.63, 3.8) is 0 Å². The van der Waals surface area contributed by atoms with E-state index in [1.165, 1.54) is 46.6 Å². The SMILES string of the molecule is O=C(/C=C/c1ccc([N+](=O)[O-])s1)N(Cc1cccnc1)c1nc2ccc(F)cc2s1. The molecule has 0 fully saturated rings. The van der Waals surface area contributed by atoms with Crippen LogP contribution in [0.5, 0.6) is 0 Å². The fourth-order valence-electron chi connectivity index (χ4n) is 2.69. The van der Waals surface area contributed by atoms with Crippen LogP contribution in [0.2, 0.25) is 0 Å². The number of thiophene rings is 1. The summed E-state index contributed by atoms with van der Waals surface area (Å²) in [6.07, 6.45) is 6.17. The summed E-state index contributed by atoms with van der Waals surface area (Å²) in [5.74, 6) is -0.726. The predicted octanol–water partition coefficient (Wildman–Crippen LogP) is 5.05. The summed E-state index contributed by atoms with van der Waals surface area (Å²) < 4.78 is 14.2. The molecule has 4 rings (SSSR count). The lowest BCUT2D eigenvalue weighted by molar-refractivity contribution is -0.380. The highest BCUT2D eigenvalue weighted by molar-refractivity contribution is 7.22. The minimum atomic E-state index is -0.473. The smallest absolute Gasteiger partial charge is 0.280 e. The van der Waals surface area contributed by atoms with Crippen molar-refractivity contribution in [1.29, 1.82) is 0 Å². The zero-order valence-corrected chi connectivity index (χ0v) is 16.9. The van der Waals surface area contributed by atoms with Crippen LogP contribution < -0.4 is 4.90 Å². The Morgan fingerprint density at radius 2 is 2.10 bits per heavy atom. The van der Waals surface area contributed by atoms with Gasteiger partial charge in [0.05, 0.1) is 21.7 Å². The van der Waals surface area contributed by atoms with Crippen molar-refractivity contribution >= 4 is 55.0 Å². The number of hydrogen-bond donors (Lipinski definition) is 0.